The molecule has 2 aromatic rings. The number of aryl methyl sites for hydroxylation is 1. The Bertz CT molecular complexity index is 1120. The van der Waals surface area contributed by atoms with Crippen molar-refractivity contribution in [2.75, 3.05) is 25.6 Å². The number of benzene rings is 2. The molecule has 32 heavy (non-hydrogen) atoms. The number of methoxy groups -OCH3 is 1. The number of thioether (sulfide) groups is 1. The maximum Gasteiger partial charge on any atom is 0.266 e. The molecule has 0 aromatic heterocycles. The third kappa shape index (κ3) is 5.33. The van der Waals surface area contributed by atoms with Crippen molar-refractivity contribution < 1.29 is 19.1 Å². The first-order valence-corrected chi connectivity index (χ1v) is 11.9. The van der Waals surface area contributed by atoms with E-state index in [4.69, 9.17) is 21.7 Å². The van der Waals surface area contributed by atoms with Gasteiger partial charge in [-0.1, -0.05) is 36.1 Å². The summed E-state index contributed by atoms with van der Waals surface area (Å²) in [5.74, 6) is 0.457. The van der Waals surface area contributed by atoms with Crippen LogP contribution < -0.4 is 14.8 Å². The summed E-state index contributed by atoms with van der Waals surface area (Å²) in [5.41, 5.74) is 3.61. The van der Waals surface area contributed by atoms with Crippen molar-refractivity contribution >= 4 is 67.8 Å². The van der Waals surface area contributed by atoms with Gasteiger partial charge < -0.3 is 14.8 Å². The molecular weight excluding hydrogens is 512 g/mol. The number of nitrogens with zero attached hydrogens (tertiary/aromatic N) is 1. The lowest BCUT2D eigenvalue weighted by molar-refractivity contribution is -0.122. The van der Waals surface area contributed by atoms with Crippen molar-refractivity contribution in [2.24, 2.45) is 0 Å². The number of carbonyl (C=O) groups is 2. The minimum absolute atomic E-state index is 0.110. The molecule has 3 rings (SSSR count). The van der Waals surface area contributed by atoms with Crippen LogP contribution in [0, 0.1) is 13.8 Å². The molecule has 1 aliphatic heterocycles. The van der Waals surface area contributed by atoms with Crippen LogP contribution in [-0.2, 0) is 9.59 Å². The Hall–Kier alpha value is -2.36. The van der Waals surface area contributed by atoms with Crippen LogP contribution in [0.3, 0.4) is 0 Å². The average molecular weight is 535 g/mol. The van der Waals surface area contributed by atoms with Gasteiger partial charge in [0.25, 0.3) is 11.8 Å². The lowest BCUT2D eigenvalue weighted by atomic mass is 10.1. The molecule has 0 atom stereocenters. The molecule has 0 unspecified atom stereocenters. The second-order valence-corrected chi connectivity index (χ2v) is 9.57. The largest absolute Gasteiger partial charge is 0.493 e. The van der Waals surface area contributed by atoms with E-state index in [0.717, 1.165) is 22.4 Å². The molecule has 0 radical (unpaired) electrons. The van der Waals surface area contributed by atoms with Gasteiger partial charge in [-0.3, -0.25) is 14.5 Å². The summed E-state index contributed by atoms with van der Waals surface area (Å²) < 4.78 is 12.4. The molecular formula is C23H23BrN2O4S2. The van der Waals surface area contributed by atoms with Gasteiger partial charge >= 0.3 is 0 Å². The highest BCUT2D eigenvalue weighted by molar-refractivity contribution is 9.10. The average Bonchev–Trinajstić information content (AvgIpc) is 3.02. The number of hydrogen-bond donors (Lipinski definition) is 1. The fourth-order valence-corrected chi connectivity index (χ4v) is 5.06. The lowest BCUT2D eigenvalue weighted by Gasteiger charge is -2.15. The number of nitrogens with one attached hydrogen (secondary N) is 1. The van der Waals surface area contributed by atoms with Crippen molar-refractivity contribution in [2.45, 2.75) is 20.8 Å². The standard InChI is InChI=1S/C23H23BrN2O4S2/c1-5-26-22(28)19(32-23(26)31)11-15-9-16(24)21(18(10-15)29-4)30-12-20(27)25-17-8-6-7-13(2)14(17)3/h6-11H,5,12H2,1-4H3,(H,25,27)/b19-11-. The topological polar surface area (TPSA) is 67.9 Å². The first-order chi connectivity index (χ1) is 15.2. The third-order valence-corrected chi connectivity index (χ3v) is 6.93. The van der Waals surface area contributed by atoms with Crippen LogP contribution in [0.1, 0.15) is 23.6 Å². The van der Waals surface area contributed by atoms with E-state index in [-0.39, 0.29) is 18.4 Å². The molecule has 6 nitrogen and oxygen atoms in total. The van der Waals surface area contributed by atoms with Crippen molar-refractivity contribution in [1.82, 2.24) is 4.90 Å². The van der Waals surface area contributed by atoms with Gasteiger partial charge in [-0.2, -0.15) is 0 Å². The van der Waals surface area contributed by atoms with Crippen molar-refractivity contribution in [3.05, 3.63) is 56.4 Å². The van der Waals surface area contributed by atoms with Gasteiger partial charge in [0.2, 0.25) is 0 Å². The van der Waals surface area contributed by atoms with Gasteiger partial charge in [-0.15, -0.1) is 0 Å². The molecule has 1 N–H and O–H groups in total. The van der Waals surface area contributed by atoms with Crippen molar-refractivity contribution in [3.8, 4) is 11.5 Å². The van der Waals surface area contributed by atoms with Crippen LogP contribution in [0.15, 0.2) is 39.7 Å². The zero-order chi connectivity index (χ0) is 23.4. The summed E-state index contributed by atoms with van der Waals surface area (Å²) in [6, 6.07) is 9.30. The lowest BCUT2D eigenvalue weighted by Crippen LogP contribution is -2.27. The summed E-state index contributed by atoms with van der Waals surface area (Å²) in [6.45, 7) is 6.18. The molecule has 2 aromatic carbocycles. The molecule has 0 aliphatic carbocycles. The molecule has 2 amide bonds. The van der Waals surface area contributed by atoms with Crippen LogP contribution in [0.2, 0.25) is 0 Å². The summed E-state index contributed by atoms with van der Waals surface area (Å²) in [4.78, 5) is 27.0. The molecule has 0 spiro atoms. The van der Waals surface area contributed by atoms with Crippen LogP contribution in [0.4, 0.5) is 5.69 Å². The van der Waals surface area contributed by atoms with Gasteiger partial charge in [-0.05, 0) is 77.7 Å². The van der Waals surface area contributed by atoms with Crippen LogP contribution >= 0.6 is 39.9 Å². The number of amides is 2. The quantitative estimate of drug-likeness (QED) is 0.383. The van der Waals surface area contributed by atoms with Gasteiger partial charge in [0.15, 0.2) is 18.1 Å². The van der Waals surface area contributed by atoms with Crippen molar-refractivity contribution in [3.63, 3.8) is 0 Å². The number of hydrogen-bond acceptors (Lipinski definition) is 6. The van der Waals surface area contributed by atoms with Crippen LogP contribution in [0.5, 0.6) is 11.5 Å². The van der Waals surface area contributed by atoms with E-state index in [2.05, 4.69) is 21.2 Å². The third-order valence-electron chi connectivity index (χ3n) is 4.97. The molecule has 168 valence electrons. The summed E-state index contributed by atoms with van der Waals surface area (Å²) in [7, 11) is 1.52. The Morgan fingerprint density at radius 3 is 2.72 bits per heavy atom. The zero-order valence-electron chi connectivity index (χ0n) is 18.2. The first-order valence-electron chi connectivity index (χ1n) is 9.86. The second kappa shape index (κ2) is 10.5. The monoisotopic (exact) mass is 534 g/mol. The van der Waals surface area contributed by atoms with E-state index < -0.39 is 0 Å². The normalized spacial score (nSPS) is 14.8. The van der Waals surface area contributed by atoms with Gasteiger partial charge in [0.05, 0.1) is 16.5 Å². The van der Waals surface area contributed by atoms with E-state index in [1.165, 1.54) is 18.9 Å². The van der Waals surface area contributed by atoms with Crippen LogP contribution in [-0.4, -0.2) is 41.3 Å². The van der Waals surface area contributed by atoms with Gasteiger partial charge in [0.1, 0.15) is 4.32 Å². The van der Waals surface area contributed by atoms with Gasteiger partial charge in [0, 0.05) is 12.2 Å². The van der Waals surface area contributed by atoms with E-state index in [1.54, 1.807) is 23.1 Å². The summed E-state index contributed by atoms with van der Waals surface area (Å²) >= 11 is 10.0. The highest BCUT2D eigenvalue weighted by Gasteiger charge is 2.30. The predicted octanol–water partition coefficient (Wildman–Crippen LogP) is 5.31. The number of carbonyl (C=O) groups excluding carboxylic acids is 2. The first kappa shape index (κ1) is 24.3. The fraction of sp³-hybridized carbons (Fsp3) is 0.261. The fourth-order valence-electron chi connectivity index (χ4n) is 3.10. The zero-order valence-corrected chi connectivity index (χ0v) is 21.4. The van der Waals surface area contributed by atoms with Crippen molar-refractivity contribution in [1.29, 1.82) is 0 Å². The Kier molecular flexibility index (Phi) is 7.97. The molecule has 1 fully saturated rings. The molecule has 1 heterocycles. The number of likely N-dealkylation sites (N-methyl/N-ethyl adjacent to an activating group) is 1. The molecule has 9 heteroatoms. The maximum atomic E-state index is 12.5. The molecule has 1 aliphatic rings. The van der Waals surface area contributed by atoms with Crippen LogP contribution in [0.25, 0.3) is 6.08 Å². The smallest absolute Gasteiger partial charge is 0.266 e. The Morgan fingerprint density at radius 2 is 2.06 bits per heavy atom. The van der Waals surface area contributed by atoms with E-state index in [9.17, 15) is 9.59 Å². The van der Waals surface area contributed by atoms with E-state index in [1.807, 2.05) is 39.0 Å². The minimum atomic E-state index is -0.278. The van der Waals surface area contributed by atoms with E-state index in [0.29, 0.717) is 31.7 Å². The molecule has 1 saturated heterocycles. The Morgan fingerprint density at radius 1 is 1.31 bits per heavy atom. The minimum Gasteiger partial charge on any atom is -0.493 e. The number of ether oxygens (including phenoxy) is 2. The number of rotatable bonds is 7. The SMILES string of the molecule is CCN1C(=O)/C(=C/c2cc(Br)c(OCC(=O)Nc3cccc(C)c3C)c(OC)c2)SC1=S. The molecule has 0 saturated carbocycles. The predicted molar refractivity (Wildman–Crippen MR) is 136 cm³/mol. The number of anilines is 1. The van der Waals surface area contributed by atoms with Gasteiger partial charge in [-0.25, -0.2) is 0 Å². The number of halogens is 1. The maximum absolute atomic E-state index is 12.5. The Labute approximate surface area is 205 Å². The molecule has 0 bridgehead atoms. The van der Waals surface area contributed by atoms with E-state index >= 15 is 0 Å². The summed E-state index contributed by atoms with van der Waals surface area (Å²) in [6.07, 6.45) is 1.76. The summed E-state index contributed by atoms with van der Waals surface area (Å²) in [5, 5.41) is 2.87. The highest BCUT2D eigenvalue weighted by atomic mass is 79.9. The second-order valence-electron chi connectivity index (χ2n) is 7.04. The number of thiocarbonyl (C=S) groups is 1. The highest BCUT2D eigenvalue weighted by Crippen LogP contribution is 2.39. The Balaban J connectivity index is 1.75.